The number of para-hydroxylation sites is 1. The van der Waals surface area contributed by atoms with E-state index in [1.165, 1.54) is 3.57 Å². The van der Waals surface area contributed by atoms with Crippen molar-refractivity contribution in [2.75, 3.05) is 0 Å². The Hall–Kier alpha value is -3.13. The number of hydrogen-bond donors (Lipinski definition) is 1. The Morgan fingerprint density at radius 3 is 2.12 bits per heavy atom. The molecule has 2 aromatic heterocycles. The van der Waals surface area contributed by atoms with E-state index in [2.05, 4.69) is 86.4 Å². The maximum atomic E-state index is 12.8. The average Bonchev–Trinajstić information content (AvgIpc) is 3.23. The second kappa shape index (κ2) is 9.16. The third-order valence-electron chi connectivity index (χ3n) is 5.61. The zero-order valence-corrected chi connectivity index (χ0v) is 20.7. The SMILES string of the molecule is Cc1cc(C=NNC(=O)c2cc(C)n(-c3ccccc3)c2C)c(C)n1-c1ccc(I)cc1. The Morgan fingerprint density at radius 1 is 0.844 bits per heavy atom. The Balaban J connectivity index is 1.54. The van der Waals surface area contributed by atoms with Crippen LogP contribution in [0.2, 0.25) is 0 Å². The van der Waals surface area contributed by atoms with Crippen molar-refractivity contribution in [2.45, 2.75) is 27.7 Å². The highest BCUT2D eigenvalue weighted by molar-refractivity contribution is 14.1. The summed E-state index contributed by atoms with van der Waals surface area (Å²) in [6.07, 6.45) is 1.71. The quantitative estimate of drug-likeness (QED) is 0.194. The summed E-state index contributed by atoms with van der Waals surface area (Å²) in [5, 5.41) is 4.25. The number of aryl methyl sites for hydroxylation is 2. The average molecular weight is 536 g/mol. The number of hydrogen-bond acceptors (Lipinski definition) is 2. The first-order valence-corrected chi connectivity index (χ1v) is 11.5. The maximum absolute atomic E-state index is 12.8. The molecule has 0 saturated heterocycles. The molecule has 4 rings (SSSR count). The lowest BCUT2D eigenvalue weighted by Gasteiger charge is -2.09. The van der Waals surface area contributed by atoms with Gasteiger partial charge in [-0.25, -0.2) is 5.43 Å². The standard InChI is InChI=1S/C26H25IN4O/c1-17-14-21(19(3)30(17)24-12-10-22(27)11-13-24)16-28-29-26(32)25-15-18(2)31(20(25)4)23-8-6-5-7-9-23/h5-16H,1-4H3,(H,29,32). The highest BCUT2D eigenvalue weighted by Crippen LogP contribution is 2.22. The summed E-state index contributed by atoms with van der Waals surface area (Å²) in [4.78, 5) is 12.8. The van der Waals surface area contributed by atoms with Crippen LogP contribution in [0.5, 0.6) is 0 Å². The molecule has 0 spiro atoms. The summed E-state index contributed by atoms with van der Waals surface area (Å²) >= 11 is 2.30. The molecule has 4 aromatic rings. The minimum Gasteiger partial charge on any atom is -0.318 e. The lowest BCUT2D eigenvalue weighted by molar-refractivity contribution is 0.0954. The van der Waals surface area contributed by atoms with Gasteiger partial charge in [-0.15, -0.1) is 0 Å². The molecule has 0 unspecified atom stereocenters. The molecule has 0 fully saturated rings. The third-order valence-corrected chi connectivity index (χ3v) is 6.33. The molecule has 0 bridgehead atoms. The number of rotatable bonds is 5. The van der Waals surface area contributed by atoms with Gasteiger partial charge in [-0.3, -0.25) is 4.79 Å². The summed E-state index contributed by atoms with van der Waals surface area (Å²) < 4.78 is 5.46. The fourth-order valence-electron chi connectivity index (χ4n) is 4.09. The maximum Gasteiger partial charge on any atom is 0.273 e. The number of hydrazone groups is 1. The van der Waals surface area contributed by atoms with Gasteiger partial charge in [0, 0.05) is 43.3 Å². The first-order chi connectivity index (χ1) is 15.4. The van der Waals surface area contributed by atoms with Crippen molar-refractivity contribution < 1.29 is 4.79 Å². The van der Waals surface area contributed by atoms with Crippen LogP contribution in [0.25, 0.3) is 11.4 Å². The number of carbonyl (C=O) groups excluding carboxylic acids is 1. The zero-order chi connectivity index (χ0) is 22.8. The predicted octanol–water partition coefficient (Wildman–Crippen LogP) is 5.87. The van der Waals surface area contributed by atoms with Crippen LogP contribution < -0.4 is 5.43 Å². The molecule has 162 valence electrons. The largest absolute Gasteiger partial charge is 0.318 e. The van der Waals surface area contributed by atoms with Crippen molar-refractivity contribution in [1.82, 2.24) is 14.6 Å². The molecule has 1 N–H and O–H groups in total. The smallest absolute Gasteiger partial charge is 0.273 e. The lowest BCUT2D eigenvalue weighted by atomic mass is 10.2. The van der Waals surface area contributed by atoms with E-state index in [-0.39, 0.29) is 5.91 Å². The van der Waals surface area contributed by atoms with E-state index in [4.69, 9.17) is 0 Å². The van der Waals surface area contributed by atoms with Gasteiger partial charge in [-0.2, -0.15) is 5.10 Å². The van der Waals surface area contributed by atoms with Crippen molar-refractivity contribution >= 4 is 34.7 Å². The van der Waals surface area contributed by atoms with Gasteiger partial charge in [0.2, 0.25) is 0 Å². The zero-order valence-electron chi connectivity index (χ0n) is 18.6. The van der Waals surface area contributed by atoms with Gasteiger partial charge in [0.1, 0.15) is 0 Å². The predicted molar refractivity (Wildman–Crippen MR) is 138 cm³/mol. The van der Waals surface area contributed by atoms with Gasteiger partial charge < -0.3 is 9.13 Å². The minimum absolute atomic E-state index is 0.219. The normalized spacial score (nSPS) is 11.3. The van der Waals surface area contributed by atoms with Crippen molar-refractivity contribution in [1.29, 1.82) is 0 Å². The summed E-state index contributed by atoms with van der Waals surface area (Å²) in [5.74, 6) is -0.219. The summed E-state index contributed by atoms with van der Waals surface area (Å²) in [6, 6.07) is 22.4. The monoisotopic (exact) mass is 536 g/mol. The van der Waals surface area contributed by atoms with E-state index >= 15 is 0 Å². The van der Waals surface area contributed by atoms with Crippen molar-refractivity contribution in [3.8, 4) is 11.4 Å². The molecule has 0 aliphatic rings. The van der Waals surface area contributed by atoms with E-state index in [1.54, 1.807) is 6.21 Å². The topological polar surface area (TPSA) is 51.3 Å². The molecule has 0 aliphatic carbocycles. The molecule has 0 radical (unpaired) electrons. The van der Waals surface area contributed by atoms with E-state index in [0.717, 1.165) is 39.7 Å². The number of nitrogens with zero attached hydrogens (tertiary/aromatic N) is 3. The lowest BCUT2D eigenvalue weighted by Crippen LogP contribution is -2.18. The van der Waals surface area contributed by atoms with Gasteiger partial charge in [0.25, 0.3) is 5.91 Å². The van der Waals surface area contributed by atoms with Crippen LogP contribution in [0.1, 0.15) is 38.7 Å². The van der Waals surface area contributed by atoms with Gasteiger partial charge in [0.15, 0.2) is 0 Å². The molecular weight excluding hydrogens is 511 g/mol. The Bertz CT molecular complexity index is 1300. The van der Waals surface area contributed by atoms with Gasteiger partial charge in [0.05, 0.1) is 11.8 Å². The molecular formula is C26H25IN4O. The molecule has 0 aliphatic heterocycles. The third kappa shape index (κ3) is 4.27. The molecule has 2 heterocycles. The molecule has 6 heteroatoms. The second-order valence-corrected chi connectivity index (χ2v) is 9.04. The van der Waals surface area contributed by atoms with Crippen molar-refractivity contribution in [3.63, 3.8) is 0 Å². The number of aromatic nitrogens is 2. The summed E-state index contributed by atoms with van der Waals surface area (Å²) in [7, 11) is 0. The fourth-order valence-corrected chi connectivity index (χ4v) is 4.45. The van der Waals surface area contributed by atoms with Gasteiger partial charge in [-0.05, 0) is 98.8 Å². The van der Waals surface area contributed by atoms with Crippen LogP contribution in [0, 0.1) is 31.3 Å². The van der Waals surface area contributed by atoms with Crippen LogP contribution in [-0.4, -0.2) is 21.3 Å². The van der Waals surface area contributed by atoms with Gasteiger partial charge in [-0.1, -0.05) is 18.2 Å². The first-order valence-electron chi connectivity index (χ1n) is 10.4. The first kappa shape index (κ1) is 22.1. The summed E-state index contributed by atoms with van der Waals surface area (Å²) in [6.45, 7) is 8.08. The number of nitrogens with one attached hydrogen (secondary N) is 1. The van der Waals surface area contributed by atoms with Gasteiger partial charge >= 0.3 is 0 Å². The van der Waals surface area contributed by atoms with E-state index in [9.17, 15) is 4.79 Å². The molecule has 32 heavy (non-hydrogen) atoms. The minimum atomic E-state index is -0.219. The Labute approximate surface area is 201 Å². The Kier molecular flexibility index (Phi) is 6.32. The van der Waals surface area contributed by atoms with Crippen LogP contribution in [-0.2, 0) is 0 Å². The molecule has 5 nitrogen and oxygen atoms in total. The molecule has 1 amide bonds. The van der Waals surface area contributed by atoms with Crippen molar-refractivity contribution in [3.05, 3.63) is 104 Å². The number of carbonyl (C=O) groups is 1. The van der Waals surface area contributed by atoms with Crippen LogP contribution in [0.15, 0.2) is 71.8 Å². The van der Waals surface area contributed by atoms with E-state index in [1.807, 2.05) is 50.2 Å². The highest BCUT2D eigenvalue weighted by atomic mass is 127. The molecule has 2 aromatic carbocycles. The number of benzene rings is 2. The van der Waals surface area contributed by atoms with E-state index in [0.29, 0.717) is 5.56 Å². The number of amides is 1. The Morgan fingerprint density at radius 2 is 1.44 bits per heavy atom. The van der Waals surface area contributed by atoms with E-state index < -0.39 is 0 Å². The highest BCUT2D eigenvalue weighted by Gasteiger charge is 2.16. The molecule has 0 saturated carbocycles. The van der Waals surface area contributed by atoms with Crippen molar-refractivity contribution in [2.24, 2.45) is 5.10 Å². The molecule has 0 atom stereocenters. The fraction of sp³-hybridized carbons (Fsp3) is 0.154. The van der Waals surface area contributed by atoms with Crippen LogP contribution in [0.4, 0.5) is 0 Å². The second-order valence-electron chi connectivity index (χ2n) is 7.79. The summed E-state index contributed by atoms with van der Waals surface area (Å²) in [5.41, 5.74) is 10.5. The van der Waals surface area contributed by atoms with Crippen LogP contribution >= 0.6 is 22.6 Å². The van der Waals surface area contributed by atoms with Crippen LogP contribution in [0.3, 0.4) is 0 Å². The number of halogens is 1.